The Morgan fingerprint density at radius 3 is 2.76 bits per heavy atom. The van der Waals surface area contributed by atoms with Gasteiger partial charge in [-0.1, -0.05) is 13.8 Å². The minimum atomic E-state index is 0.123. The molecule has 4 nitrogen and oxygen atoms in total. The summed E-state index contributed by atoms with van der Waals surface area (Å²) in [6.07, 6.45) is 0.123. The second kappa shape index (κ2) is 5.27. The molecular formula is C13H19NO3. The molecule has 0 saturated heterocycles. The molecule has 0 aromatic heterocycles. The molecule has 0 bridgehead atoms. The topological polar surface area (TPSA) is 39.7 Å². The highest BCUT2D eigenvalue weighted by Gasteiger charge is 2.14. The van der Waals surface area contributed by atoms with E-state index in [1.165, 1.54) is 0 Å². The van der Waals surface area contributed by atoms with Crippen LogP contribution in [-0.4, -0.2) is 25.5 Å². The predicted molar refractivity (Wildman–Crippen MR) is 65.8 cm³/mol. The Kier molecular flexibility index (Phi) is 3.74. The summed E-state index contributed by atoms with van der Waals surface area (Å²) in [5.74, 6) is 2.35. The van der Waals surface area contributed by atoms with Gasteiger partial charge in [0.25, 0.3) is 0 Å². The van der Waals surface area contributed by atoms with Crippen LogP contribution in [0.2, 0.25) is 0 Å². The van der Waals surface area contributed by atoms with Crippen LogP contribution in [0.25, 0.3) is 0 Å². The molecule has 2 rings (SSSR count). The Morgan fingerprint density at radius 2 is 2.00 bits per heavy atom. The number of nitrogens with one attached hydrogen (secondary N) is 1. The Balaban J connectivity index is 1.90. The average molecular weight is 237 g/mol. The van der Waals surface area contributed by atoms with Gasteiger partial charge in [0, 0.05) is 18.7 Å². The molecule has 0 fully saturated rings. The molecule has 0 spiro atoms. The van der Waals surface area contributed by atoms with Crippen molar-refractivity contribution in [2.75, 3.05) is 13.3 Å². The molecule has 1 aromatic carbocycles. The second-order valence-electron chi connectivity index (χ2n) is 4.51. The SMILES string of the molecule is CC(C)NCC(C)Oc1ccc2c(c1)OCO2. The van der Waals surface area contributed by atoms with Gasteiger partial charge in [-0.2, -0.15) is 0 Å². The van der Waals surface area contributed by atoms with Crippen molar-refractivity contribution < 1.29 is 14.2 Å². The molecule has 1 atom stereocenters. The van der Waals surface area contributed by atoms with Crippen LogP contribution in [0.3, 0.4) is 0 Å². The summed E-state index contributed by atoms with van der Waals surface area (Å²) >= 11 is 0. The smallest absolute Gasteiger partial charge is 0.231 e. The maximum Gasteiger partial charge on any atom is 0.231 e. The quantitative estimate of drug-likeness (QED) is 0.852. The van der Waals surface area contributed by atoms with E-state index in [1.54, 1.807) is 0 Å². The average Bonchev–Trinajstić information content (AvgIpc) is 2.73. The van der Waals surface area contributed by atoms with Gasteiger partial charge in [0.2, 0.25) is 6.79 Å². The lowest BCUT2D eigenvalue weighted by Gasteiger charge is -2.17. The summed E-state index contributed by atoms with van der Waals surface area (Å²) in [6.45, 7) is 7.40. The maximum absolute atomic E-state index is 5.79. The number of hydrogen-bond donors (Lipinski definition) is 1. The van der Waals surface area contributed by atoms with E-state index in [0.717, 1.165) is 23.8 Å². The number of ether oxygens (including phenoxy) is 3. The van der Waals surface area contributed by atoms with Gasteiger partial charge in [0.05, 0.1) is 0 Å². The van der Waals surface area contributed by atoms with Gasteiger partial charge in [-0.3, -0.25) is 0 Å². The van der Waals surface area contributed by atoms with Gasteiger partial charge < -0.3 is 19.5 Å². The Hall–Kier alpha value is -1.42. The molecule has 1 aromatic rings. The van der Waals surface area contributed by atoms with Crippen LogP contribution in [-0.2, 0) is 0 Å². The Morgan fingerprint density at radius 1 is 1.24 bits per heavy atom. The zero-order chi connectivity index (χ0) is 12.3. The molecule has 1 aliphatic heterocycles. The molecule has 4 heteroatoms. The molecule has 0 saturated carbocycles. The van der Waals surface area contributed by atoms with Crippen molar-refractivity contribution in [3.05, 3.63) is 18.2 Å². The van der Waals surface area contributed by atoms with Crippen LogP contribution < -0.4 is 19.5 Å². The van der Waals surface area contributed by atoms with Crippen molar-refractivity contribution in [2.24, 2.45) is 0 Å². The standard InChI is InChI=1S/C13H19NO3/c1-9(2)14-7-10(3)17-11-4-5-12-13(6-11)16-8-15-12/h4-6,9-10,14H,7-8H2,1-3H3. The molecular weight excluding hydrogens is 218 g/mol. The summed E-state index contributed by atoms with van der Waals surface area (Å²) in [6, 6.07) is 6.12. The van der Waals surface area contributed by atoms with Gasteiger partial charge in [-0.15, -0.1) is 0 Å². The lowest BCUT2D eigenvalue weighted by Crippen LogP contribution is -2.33. The normalized spacial score (nSPS) is 15.1. The zero-order valence-corrected chi connectivity index (χ0v) is 10.5. The third-order valence-electron chi connectivity index (χ3n) is 2.49. The zero-order valence-electron chi connectivity index (χ0n) is 10.5. The van der Waals surface area contributed by atoms with Crippen molar-refractivity contribution in [2.45, 2.75) is 32.9 Å². The second-order valence-corrected chi connectivity index (χ2v) is 4.51. The van der Waals surface area contributed by atoms with Gasteiger partial charge >= 0.3 is 0 Å². The minimum Gasteiger partial charge on any atom is -0.489 e. The molecule has 17 heavy (non-hydrogen) atoms. The maximum atomic E-state index is 5.79. The van der Waals surface area contributed by atoms with Crippen molar-refractivity contribution in [3.8, 4) is 17.2 Å². The molecule has 1 heterocycles. The van der Waals surface area contributed by atoms with Gasteiger partial charge in [-0.25, -0.2) is 0 Å². The number of rotatable bonds is 5. The molecule has 0 radical (unpaired) electrons. The molecule has 1 unspecified atom stereocenters. The lowest BCUT2D eigenvalue weighted by molar-refractivity contribution is 0.173. The molecule has 0 aliphatic carbocycles. The first-order valence-corrected chi connectivity index (χ1v) is 5.95. The van der Waals surface area contributed by atoms with Crippen molar-refractivity contribution in [3.63, 3.8) is 0 Å². The summed E-state index contributed by atoms with van der Waals surface area (Å²) in [7, 11) is 0. The highest BCUT2D eigenvalue weighted by atomic mass is 16.7. The van der Waals surface area contributed by atoms with E-state index in [1.807, 2.05) is 25.1 Å². The van der Waals surface area contributed by atoms with E-state index in [9.17, 15) is 0 Å². The van der Waals surface area contributed by atoms with E-state index in [0.29, 0.717) is 12.8 Å². The lowest BCUT2D eigenvalue weighted by atomic mass is 10.3. The Bertz CT molecular complexity index is 379. The monoisotopic (exact) mass is 237 g/mol. The van der Waals surface area contributed by atoms with Crippen LogP contribution in [0.15, 0.2) is 18.2 Å². The minimum absolute atomic E-state index is 0.123. The molecule has 1 aliphatic rings. The van der Waals surface area contributed by atoms with Crippen LogP contribution in [0.5, 0.6) is 17.2 Å². The van der Waals surface area contributed by atoms with Crippen molar-refractivity contribution in [1.29, 1.82) is 0 Å². The number of hydrogen-bond acceptors (Lipinski definition) is 4. The van der Waals surface area contributed by atoms with Crippen molar-refractivity contribution in [1.82, 2.24) is 5.32 Å². The van der Waals surface area contributed by atoms with E-state index in [4.69, 9.17) is 14.2 Å². The summed E-state index contributed by atoms with van der Waals surface area (Å²) < 4.78 is 16.3. The van der Waals surface area contributed by atoms with Crippen molar-refractivity contribution >= 4 is 0 Å². The van der Waals surface area contributed by atoms with E-state index >= 15 is 0 Å². The van der Waals surface area contributed by atoms with E-state index < -0.39 is 0 Å². The largest absolute Gasteiger partial charge is 0.489 e. The fourth-order valence-electron chi connectivity index (χ4n) is 1.63. The first-order valence-electron chi connectivity index (χ1n) is 5.95. The molecule has 94 valence electrons. The summed E-state index contributed by atoms with van der Waals surface area (Å²) in [5, 5.41) is 3.34. The first-order chi connectivity index (χ1) is 8.15. The molecule has 0 amide bonds. The fourth-order valence-corrected chi connectivity index (χ4v) is 1.63. The van der Waals surface area contributed by atoms with Crippen LogP contribution in [0.4, 0.5) is 0 Å². The summed E-state index contributed by atoms with van der Waals surface area (Å²) in [5.41, 5.74) is 0. The fraction of sp³-hybridized carbons (Fsp3) is 0.538. The van der Waals surface area contributed by atoms with Crippen LogP contribution >= 0.6 is 0 Å². The predicted octanol–water partition coefficient (Wildman–Crippen LogP) is 2.18. The number of benzene rings is 1. The summed E-state index contributed by atoms with van der Waals surface area (Å²) in [4.78, 5) is 0. The first kappa shape index (κ1) is 12.0. The highest BCUT2D eigenvalue weighted by molar-refractivity contribution is 5.46. The van der Waals surface area contributed by atoms with Crippen LogP contribution in [0, 0.1) is 0 Å². The van der Waals surface area contributed by atoms with Gasteiger partial charge in [-0.05, 0) is 19.1 Å². The molecule has 1 N–H and O–H groups in total. The van der Waals surface area contributed by atoms with E-state index in [2.05, 4.69) is 19.2 Å². The van der Waals surface area contributed by atoms with Gasteiger partial charge in [0.15, 0.2) is 11.5 Å². The van der Waals surface area contributed by atoms with Crippen LogP contribution in [0.1, 0.15) is 20.8 Å². The van der Waals surface area contributed by atoms with Gasteiger partial charge in [0.1, 0.15) is 11.9 Å². The third kappa shape index (κ3) is 3.27. The highest BCUT2D eigenvalue weighted by Crippen LogP contribution is 2.35. The van der Waals surface area contributed by atoms with E-state index in [-0.39, 0.29) is 6.10 Å². The number of fused-ring (bicyclic) bond motifs is 1. The third-order valence-corrected chi connectivity index (χ3v) is 2.49. The Labute approximate surface area is 102 Å².